The number of benzene rings is 1. The van der Waals surface area contributed by atoms with E-state index in [1.54, 1.807) is 38.1 Å². The van der Waals surface area contributed by atoms with E-state index >= 15 is 0 Å². The Morgan fingerprint density at radius 1 is 1.15 bits per heavy atom. The topological polar surface area (TPSA) is 96.0 Å². The van der Waals surface area contributed by atoms with Gasteiger partial charge in [-0.2, -0.15) is 4.31 Å². The molecule has 2 fully saturated rings. The Morgan fingerprint density at radius 2 is 1.79 bits per heavy atom. The summed E-state index contributed by atoms with van der Waals surface area (Å²) in [5, 5.41) is 3.16. The zero-order valence-electron chi connectivity index (χ0n) is 20.0. The summed E-state index contributed by atoms with van der Waals surface area (Å²) in [6.07, 6.45) is 7.84. The lowest BCUT2D eigenvalue weighted by molar-refractivity contribution is -0.133. The Morgan fingerprint density at radius 3 is 2.42 bits per heavy atom. The summed E-state index contributed by atoms with van der Waals surface area (Å²) in [4.78, 5) is 28.6. The van der Waals surface area contributed by atoms with Crippen LogP contribution in [0.25, 0.3) is 0 Å². The van der Waals surface area contributed by atoms with E-state index in [0.717, 1.165) is 38.5 Å². The second kappa shape index (κ2) is 10.9. The van der Waals surface area contributed by atoms with Crippen LogP contribution in [0.4, 0.5) is 5.69 Å². The fourth-order valence-electron chi connectivity index (χ4n) is 4.88. The highest BCUT2D eigenvalue weighted by Gasteiger charge is 2.51. The molecule has 1 aliphatic carbocycles. The smallest absolute Gasteiger partial charge is 0.247 e. The molecule has 0 radical (unpaired) electrons. The second-order valence-electron chi connectivity index (χ2n) is 9.27. The van der Waals surface area contributed by atoms with Gasteiger partial charge >= 0.3 is 0 Å². The van der Waals surface area contributed by atoms with E-state index in [1.165, 1.54) is 22.7 Å². The van der Waals surface area contributed by atoms with Crippen molar-refractivity contribution in [1.29, 1.82) is 0 Å². The van der Waals surface area contributed by atoms with Crippen LogP contribution >= 0.6 is 0 Å². The molecular formula is C24H37N3O5S. The molecule has 1 aromatic rings. The van der Waals surface area contributed by atoms with E-state index < -0.39 is 21.5 Å². The Labute approximate surface area is 197 Å². The number of carbonyl (C=O) groups excluding carboxylic acids is 2. The first-order chi connectivity index (χ1) is 15.7. The Balaban J connectivity index is 1.98. The van der Waals surface area contributed by atoms with Gasteiger partial charge in [-0.25, -0.2) is 8.42 Å². The molecule has 2 aliphatic rings. The summed E-state index contributed by atoms with van der Waals surface area (Å²) in [6.45, 7) is 3.04. The number of sulfonamides is 1. The van der Waals surface area contributed by atoms with Gasteiger partial charge in [0, 0.05) is 12.6 Å². The Hall–Kier alpha value is -2.13. The highest BCUT2D eigenvalue weighted by molar-refractivity contribution is 7.89. The maximum absolute atomic E-state index is 13.8. The van der Waals surface area contributed by atoms with Crippen molar-refractivity contribution in [2.24, 2.45) is 0 Å². The lowest BCUT2D eigenvalue weighted by Crippen LogP contribution is -2.71. The summed E-state index contributed by atoms with van der Waals surface area (Å²) in [5.41, 5.74) is -0.944. The van der Waals surface area contributed by atoms with E-state index in [1.807, 2.05) is 0 Å². The third-order valence-electron chi connectivity index (χ3n) is 6.65. The van der Waals surface area contributed by atoms with Crippen LogP contribution in [0.1, 0.15) is 65.2 Å². The molecule has 0 bridgehead atoms. The molecule has 1 aromatic carbocycles. The number of carbonyl (C=O) groups is 2. The fraction of sp³-hybridized carbons (Fsp3) is 0.667. The maximum Gasteiger partial charge on any atom is 0.247 e. The third kappa shape index (κ3) is 5.69. The summed E-state index contributed by atoms with van der Waals surface area (Å²) < 4.78 is 32.4. The average molecular weight is 480 g/mol. The molecule has 3 rings (SSSR count). The predicted octanol–water partition coefficient (Wildman–Crippen LogP) is 3.07. The van der Waals surface area contributed by atoms with E-state index in [4.69, 9.17) is 4.74 Å². The molecule has 0 aromatic heterocycles. The number of rotatable bonds is 7. The standard InChI is InChI=1S/C24H37N3O5S/c1-4-16-33(30,31)26-17-22(28)27(20-14-10-11-15-21(20)32-3)24(2,18-26)23(29)25-19-12-8-6-5-7-9-13-19/h10-11,14-15,19H,4-9,12-13,16-18H2,1-3H3,(H,25,29)/t24-/m1/s1. The van der Waals surface area contributed by atoms with Crippen molar-refractivity contribution in [1.82, 2.24) is 9.62 Å². The fourth-order valence-corrected chi connectivity index (χ4v) is 6.41. The number of hydrogen-bond acceptors (Lipinski definition) is 5. The number of piperazine rings is 1. The average Bonchev–Trinajstić information content (AvgIpc) is 2.75. The van der Waals surface area contributed by atoms with Gasteiger partial charge in [0.2, 0.25) is 21.8 Å². The molecule has 1 atom stereocenters. The molecule has 1 saturated carbocycles. The summed E-state index contributed by atoms with van der Waals surface area (Å²) in [7, 11) is -2.15. The molecule has 0 spiro atoms. The molecule has 33 heavy (non-hydrogen) atoms. The Kier molecular flexibility index (Phi) is 8.39. The first-order valence-corrected chi connectivity index (χ1v) is 13.6. The van der Waals surface area contributed by atoms with Gasteiger partial charge in [-0.05, 0) is 38.3 Å². The van der Waals surface area contributed by atoms with E-state index in [9.17, 15) is 18.0 Å². The summed E-state index contributed by atoms with van der Waals surface area (Å²) in [5.74, 6) is -0.375. The van der Waals surface area contributed by atoms with Crippen molar-refractivity contribution in [3.63, 3.8) is 0 Å². The second-order valence-corrected chi connectivity index (χ2v) is 11.4. The van der Waals surface area contributed by atoms with Crippen LogP contribution < -0.4 is 15.0 Å². The highest BCUT2D eigenvalue weighted by atomic mass is 32.2. The minimum absolute atomic E-state index is 0.0203. The van der Waals surface area contributed by atoms with Gasteiger partial charge in [-0.3, -0.25) is 14.5 Å². The van der Waals surface area contributed by atoms with Gasteiger partial charge in [0.05, 0.1) is 25.1 Å². The highest BCUT2D eigenvalue weighted by Crippen LogP contribution is 2.37. The largest absolute Gasteiger partial charge is 0.495 e. The number of ether oxygens (including phenoxy) is 1. The van der Waals surface area contributed by atoms with Crippen LogP contribution in [0, 0.1) is 0 Å². The summed E-state index contributed by atoms with van der Waals surface area (Å²) in [6, 6.07) is 7.05. The van der Waals surface area contributed by atoms with Crippen LogP contribution in [0.3, 0.4) is 0 Å². The molecule has 8 nitrogen and oxygen atoms in total. The predicted molar refractivity (Wildman–Crippen MR) is 129 cm³/mol. The first kappa shape index (κ1) is 25.5. The van der Waals surface area contributed by atoms with Crippen molar-refractivity contribution >= 4 is 27.5 Å². The molecule has 0 unspecified atom stereocenters. The quantitative estimate of drug-likeness (QED) is 0.648. The zero-order valence-corrected chi connectivity index (χ0v) is 20.8. The zero-order chi connectivity index (χ0) is 24.1. The minimum Gasteiger partial charge on any atom is -0.495 e. The minimum atomic E-state index is -3.66. The summed E-state index contributed by atoms with van der Waals surface area (Å²) >= 11 is 0. The molecule has 1 N–H and O–H groups in total. The van der Waals surface area contributed by atoms with Crippen molar-refractivity contribution in [3.8, 4) is 5.75 Å². The molecular weight excluding hydrogens is 442 g/mol. The van der Waals surface area contributed by atoms with E-state index in [2.05, 4.69) is 5.32 Å². The van der Waals surface area contributed by atoms with Crippen LogP contribution in [-0.2, 0) is 19.6 Å². The lowest BCUT2D eigenvalue weighted by atomic mass is 9.92. The third-order valence-corrected chi connectivity index (χ3v) is 8.62. The van der Waals surface area contributed by atoms with Gasteiger partial charge in [0.15, 0.2) is 0 Å². The van der Waals surface area contributed by atoms with Gasteiger partial charge < -0.3 is 10.1 Å². The molecule has 9 heteroatoms. The maximum atomic E-state index is 13.8. The van der Waals surface area contributed by atoms with Crippen LogP contribution in [-0.4, -0.2) is 62.1 Å². The number of anilines is 1. The molecule has 184 valence electrons. The van der Waals surface area contributed by atoms with Crippen LogP contribution in [0.2, 0.25) is 0 Å². The number of methoxy groups -OCH3 is 1. The van der Waals surface area contributed by atoms with E-state index in [-0.39, 0.29) is 30.8 Å². The van der Waals surface area contributed by atoms with Gasteiger partial charge in [0.25, 0.3) is 0 Å². The van der Waals surface area contributed by atoms with Crippen molar-refractivity contribution in [2.75, 3.05) is 30.9 Å². The monoisotopic (exact) mass is 479 g/mol. The van der Waals surface area contributed by atoms with Crippen molar-refractivity contribution < 1.29 is 22.7 Å². The molecule has 1 saturated heterocycles. The van der Waals surface area contributed by atoms with Gasteiger partial charge in [-0.1, -0.05) is 51.2 Å². The van der Waals surface area contributed by atoms with Gasteiger partial charge in [-0.15, -0.1) is 0 Å². The number of nitrogens with zero attached hydrogens (tertiary/aromatic N) is 2. The number of amides is 2. The number of para-hydroxylation sites is 2. The molecule has 2 amide bonds. The number of hydrogen-bond donors (Lipinski definition) is 1. The van der Waals surface area contributed by atoms with E-state index in [0.29, 0.717) is 17.9 Å². The van der Waals surface area contributed by atoms with Gasteiger partial charge in [0.1, 0.15) is 11.3 Å². The van der Waals surface area contributed by atoms with Crippen molar-refractivity contribution in [2.45, 2.75) is 76.8 Å². The lowest BCUT2D eigenvalue weighted by Gasteiger charge is -2.47. The van der Waals surface area contributed by atoms with Crippen LogP contribution in [0.5, 0.6) is 5.75 Å². The first-order valence-electron chi connectivity index (χ1n) is 12.0. The van der Waals surface area contributed by atoms with Crippen LogP contribution in [0.15, 0.2) is 24.3 Å². The Bertz CT molecular complexity index is 943. The normalized spacial score (nSPS) is 23.6. The molecule has 1 heterocycles. The molecule has 1 aliphatic heterocycles. The van der Waals surface area contributed by atoms with Crippen molar-refractivity contribution in [3.05, 3.63) is 24.3 Å². The number of nitrogens with one attached hydrogen (secondary N) is 1. The SMILES string of the molecule is CCCS(=O)(=O)N1CC(=O)N(c2ccccc2OC)[C@@](C)(C(=O)NC2CCCCCCC2)C1.